The summed E-state index contributed by atoms with van der Waals surface area (Å²) in [6.45, 7) is 2.80. The van der Waals surface area contributed by atoms with Crippen molar-refractivity contribution in [3.8, 4) is 12.1 Å². The molecule has 17 heavy (non-hydrogen) atoms. The number of nitrogens with zero attached hydrogens (tertiary/aromatic N) is 3. The molecule has 0 N–H and O–H groups in total. The fourth-order valence-electron chi connectivity index (χ4n) is 1.57. The van der Waals surface area contributed by atoms with E-state index in [9.17, 15) is 13.2 Å². The van der Waals surface area contributed by atoms with Gasteiger partial charge in [-0.1, -0.05) is 0 Å². The minimum absolute atomic E-state index is 0.168. The predicted molar refractivity (Wildman–Crippen MR) is 52.7 cm³/mol. The quantitative estimate of drug-likeness (QED) is 0.756. The van der Waals surface area contributed by atoms with E-state index in [1.54, 1.807) is 12.1 Å². The van der Waals surface area contributed by atoms with E-state index in [-0.39, 0.29) is 16.8 Å². The zero-order valence-electron chi connectivity index (χ0n) is 9.13. The van der Waals surface area contributed by atoms with E-state index in [0.29, 0.717) is 0 Å². The highest BCUT2D eigenvalue weighted by Gasteiger charge is 2.37. The minimum atomic E-state index is -4.67. The van der Waals surface area contributed by atoms with Crippen molar-refractivity contribution in [1.29, 1.82) is 10.5 Å². The molecular formula is C11H8F3N3. The Hall–Kier alpha value is -2.08. The number of rotatable bonds is 1. The highest BCUT2D eigenvalue weighted by atomic mass is 19.4. The summed E-state index contributed by atoms with van der Waals surface area (Å²) in [6.07, 6.45) is -4.67. The monoisotopic (exact) mass is 239 g/mol. The number of aryl methyl sites for hydroxylation is 1. The molecule has 1 aromatic rings. The molecule has 3 nitrogen and oxygen atoms in total. The van der Waals surface area contributed by atoms with Crippen molar-refractivity contribution in [2.24, 2.45) is 0 Å². The van der Waals surface area contributed by atoms with E-state index < -0.39 is 17.8 Å². The minimum Gasteiger partial charge on any atom is -0.232 e. The third-order valence-electron chi connectivity index (χ3n) is 2.28. The Morgan fingerprint density at radius 1 is 1.35 bits per heavy atom. The summed E-state index contributed by atoms with van der Waals surface area (Å²) in [5.74, 6) is -0.924. The van der Waals surface area contributed by atoms with Crippen LogP contribution in [0.5, 0.6) is 0 Å². The van der Waals surface area contributed by atoms with E-state index in [1.807, 2.05) is 0 Å². The van der Waals surface area contributed by atoms with Crippen LogP contribution in [0.3, 0.4) is 0 Å². The molecular weight excluding hydrogens is 231 g/mol. The Morgan fingerprint density at radius 2 is 1.94 bits per heavy atom. The van der Waals surface area contributed by atoms with Gasteiger partial charge in [-0.25, -0.2) is 4.98 Å². The van der Waals surface area contributed by atoms with Crippen LogP contribution in [0, 0.1) is 29.6 Å². The van der Waals surface area contributed by atoms with Crippen molar-refractivity contribution in [1.82, 2.24) is 4.98 Å². The highest BCUT2D eigenvalue weighted by molar-refractivity contribution is 5.41. The lowest BCUT2D eigenvalue weighted by atomic mass is 9.95. The molecule has 0 spiro atoms. The van der Waals surface area contributed by atoms with Gasteiger partial charge in [0.2, 0.25) is 0 Å². The molecule has 6 heteroatoms. The zero-order chi connectivity index (χ0) is 13.2. The van der Waals surface area contributed by atoms with Crippen LogP contribution in [0.2, 0.25) is 0 Å². The lowest BCUT2D eigenvalue weighted by Crippen LogP contribution is -2.15. The third kappa shape index (κ3) is 2.54. The van der Waals surface area contributed by atoms with Crippen LogP contribution in [0.1, 0.15) is 35.4 Å². The lowest BCUT2D eigenvalue weighted by molar-refractivity contribution is -0.142. The molecule has 0 saturated heterocycles. The molecule has 0 aliphatic carbocycles. The van der Waals surface area contributed by atoms with Crippen molar-refractivity contribution < 1.29 is 13.2 Å². The summed E-state index contributed by atoms with van der Waals surface area (Å²) in [4.78, 5) is 3.26. The Labute approximate surface area is 96.1 Å². The Bertz CT molecular complexity index is 520. The fraction of sp³-hybridized carbons (Fsp3) is 0.364. The Morgan fingerprint density at radius 3 is 2.35 bits per heavy atom. The Kier molecular flexibility index (Phi) is 3.38. The molecule has 1 aromatic heterocycles. The second kappa shape index (κ2) is 4.42. The largest absolute Gasteiger partial charge is 0.433 e. The molecule has 1 unspecified atom stereocenters. The molecule has 1 heterocycles. The second-order valence-electron chi connectivity index (χ2n) is 3.55. The lowest BCUT2D eigenvalue weighted by Gasteiger charge is -2.15. The normalized spacial score (nSPS) is 12.6. The van der Waals surface area contributed by atoms with E-state index in [0.717, 1.165) is 0 Å². The van der Waals surface area contributed by atoms with Crippen LogP contribution in [0.15, 0.2) is 6.07 Å². The smallest absolute Gasteiger partial charge is 0.232 e. The van der Waals surface area contributed by atoms with Gasteiger partial charge in [0.25, 0.3) is 0 Å². The van der Waals surface area contributed by atoms with Crippen LogP contribution in [0.25, 0.3) is 0 Å². The van der Waals surface area contributed by atoms with Crippen LogP contribution < -0.4 is 0 Å². The van der Waals surface area contributed by atoms with E-state index in [1.165, 1.54) is 19.9 Å². The van der Waals surface area contributed by atoms with Gasteiger partial charge in [0, 0.05) is 5.56 Å². The van der Waals surface area contributed by atoms with Crippen molar-refractivity contribution in [2.45, 2.75) is 25.9 Å². The average molecular weight is 239 g/mol. The number of hydrogen-bond acceptors (Lipinski definition) is 3. The molecule has 88 valence electrons. The summed E-state index contributed by atoms with van der Waals surface area (Å²) in [6, 6.07) is 4.57. The van der Waals surface area contributed by atoms with E-state index in [4.69, 9.17) is 10.5 Å². The van der Waals surface area contributed by atoms with Crippen LogP contribution in [-0.4, -0.2) is 4.98 Å². The molecule has 0 amide bonds. The van der Waals surface area contributed by atoms with Gasteiger partial charge < -0.3 is 0 Å². The summed E-state index contributed by atoms with van der Waals surface area (Å²) in [5.41, 5.74) is -1.37. The number of hydrogen-bond donors (Lipinski definition) is 0. The van der Waals surface area contributed by atoms with Gasteiger partial charge in [0.1, 0.15) is 11.8 Å². The van der Waals surface area contributed by atoms with Gasteiger partial charge in [-0.2, -0.15) is 23.7 Å². The van der Waals surface area contributed by atoms with E-state index >= 15 is 0 Å². The topological polar surface area (TPSA) is 60.5 Å². The maximum atomic E-state index is 12.8. The number of nitriles is 2. The first-order valence-electron chi connectivity index (χ1n) is 4.69. The Balaban J connectivity index is 3.60. The first kappa shape index (κ1) is 13.0. The van der Waals surface area contributed by atoms with Crippen LogP contribution >= 0.6 is 0 Å². The zero-order valence-corrected chi connectivity index (χ0v) is 9.13. The summed E-state index contributed by atoms with van der Waals surface area (Å²) < 4.78 is 38.3. The van der Waals surface area contributed by atoms with Gasteiger partial charge in [0.05, 0.1) is 12.0 Å². The van der Waals surface area contributed by atoms with Crippen molar-refractivity contribution >= 4 is 0 Å². The van der Waals surface area contributed by atoms with Crippen molar-refractivity contribution in [3.63, 3.8) is 0 Å². The number of alkyl halides is 3. The molecule has 0 aliphatic heterocycles. The maximum Gasteiger partial charge on any atom is 0.433 e. The summed E-state index contributed by atoms with van der Waals surface area (Å²) in [7, 11) is 0. The summed E-state index contributed by atoms with van der Waals surface area (Å²) >= 11 is 0. The SMILES string of the molecule is Cc1cc(C#N)nc(C(F)(F)F)c1C(C)C#N. The molecule has 0 bridgehead atoms. The number of aromatic nitrogens is 1. The molecule has 0 radical (unpaired) electrons. The van der Waals surface area contributed by atoms with Gasteiger partial charge in [-0.05, 0) is 25.5 Å². The van der Waals surface area contributed by atoms with Gasteiger partial charge in [-0.15, -0.1) is 0 Å². The van der Waals surface area contributed by atoms with Crippen molar-refractivity contribution in [2.75, 3.05) is 0 Å². The number of halogens is 3. The second-order valence-corrected chi connectivity index (χ2v) is 3.55. The predicted octanol–water partition coefficient (Wildman–Crippen LogP) is 2.91. The van der Waals surface area contributed by atoms with Gasteiger partial charge >= 0.3 is 6.18 Å². The molecule has 0 aliphatic rings. The van der Waals surface area contributed by atoms with E-state index in [2.05, 4.69) is 4.98 Å². The molecule has 0 fully saturated rings. The molecule has 0 saturated carbocycles. The van der Waals surface area contributed by atoms with Crippen molar-refractivity contribution in [3.05, 3.63) is 28.6 Å². The maximum absolute atomic E-state index is 12.8. The van der Waals surface area contributed by atoms with Crippen LogP contribution in [-0.2, 0) is 6.18 Å². The summed E-state index contributed by atoms with van der Waals surface area (Å²) in [5, 5.41) is 17.3. The third-order valence-corrected chi connectivity index (χ3v) is 2.28. The molecule has 0 aromatic carbocycles. The van der Waals surface area contributed by atoms with Gasteiger partial charge in [0.15, 0.2) is 5.69 Å². The standard InChI is InChI=1S/C11H8F3N3/c1-6-3-8(5-16)17-10(11(12,13)14)9(6)7(2)4-15/h3,7H,1-2H3. The van der Waals surface area contributed by atoms with Crippen LogP contribution in [0.4, 0.5) is 13.2 Å². The molecule has 1 rings (SSSR count). The van der Waals surface area contributed by atoms with Gasteiger partial charge in [-0.3, -0.25) is 0 Å². The average Bonchev–Trinajstić information content (AvgIpc) is 2.25. The highest BCUT2D eigenvalue weighted by Crippen LogP contribution is 2.35. The molecule has 1 atom stereocenters. The fourth-order valence-corrected chi connectivity index (χ4v) is 1.57. The number of pyridine rings is 1. The first-order valence-corrected chi connectivity index (χ1v) is 4.69. The first-order chi connectivity index (χ1) is 7.81.